The van der Waals surface area contributed by atoms with Crippen LogP contribution in [0.15, 0.2) is 54.0 Å². The average molecular weight is 505 g/mol. The van der Waals surface area contributed by atoms with E-state index in [2.05, 4.69) is 21.9 Å². The zero-order chi connectivity index (χ0) is 26.9. The van der Waals surface area contributed by atoms with Crippen LogP contribution >= 0.6 is 0 Å². The first-order chi connectivity index (χ1) is 17.6. The lowest BCUT2D eigenvalue weighted by atomic mass is 10.1. The number of aryl methyl sites for hydroxylation is 2. The summed E-state index contributed by atoms with van der Waals surface area (Å²) in [7, 11) is 2.93. The minimum atomic E-state index is -0.733. The Labute approximate surface area is 212 Å². The second-order valence-electron chi connectivity index (χ2n) is 8.30. The quantitative estimate of drug-likeness (QED) is 0.373. The van der Waals surface area contributed by atoms with Gasteiger partial charge in [0.1, 0.15) is 11.1 Å². The van der Waals surface area contributed by atoms with E-state index in [0.29, 0.717) is 33.7 Å². The van der Waals surface area contributed by atoms with Crippen LogP contribution in [-0.2, 0) is 0 Å². The third kappa shape index (κ3) is 4.86. The molecule has 3 aromatic heterocycles. The van der Waals surface area contributed by atoms with Crippen LogP contribution in [-0.4, -0.2) is 34.7 Å². The number of allylic oxidation sites excluding steroid dienone is 1. The molecule has 37 heavy (non-hydrogen) atoms. The molecule has 1 N–H and O–H groups in total. The molecule has 190 valence electrons. The molecule has 0 bridgehead atoms. The van der Waals surface area contributed by atoms with Crippen molar-refractivity contribution in [3.8, 4) is 23.1 Å². The number of anilines is 1. The number of hydrogen-bond donors (Lipinski definition) is 1. The van der Waals surface area contributed by atoms with Crippen LogP contribution in [0.5, 0.6) is 23.1 Å². The number of aromatic nitrogens is 3. The smallest absolute Gasteiger partial charge is 0.268 e. The largest absolute Gasteiger partial charge is 0.491 e. The molecule has 0 aliphatic heterocycles. The van der Waals surface area contributed by atoms with E-state index in [4.69, 9.17) is 14.2 Å². The van der Waals surface area contributed by atoms with E-state index < -0.39 is 17.3 Å². The predicted molar refractivity (Wildman–Crippen MR) is 138 cm³/mol. The number of pyridine rings is 3. The molecule has 0 saturated heterocycles. The molecule has 0 fully saturated rings. The summed E-state index contributed by atoms with van der Waals surface area (Å²) in [5.41, 5.74) is 2.07. The minimum Gasteiger partial charge on any atom is -0.491 e. The van der Waals surface area contributed by atoms with E-state index in [-0.39, 0.29) is 28.6 Å². The first-order valence-electron chi connectivity index (χ1n) is 11.2. The van der Waals surface area contributed by atoms with E-state index in [0.717, 1.165) is 6.07 Å². The van der Waals surface area contributed by atoms with Crippen LogP contribution in [0, 0.1) is 19.7 Å². The van der Waals surface area contributed by atoms with Crippen molar-refractivity contribution in [3.05, 3.63) is 82.2 Å². The van der Waals surface area contributed by atoms with Crippen molar-refractivity contribution in [1.29, 1.82) is 0 Å². The number of rotatable bonds is 7. The lowest BCUT2D eigenvalue weighted by Crippen LogP contribution is -2.31. The van der Waals surface area contributed by atoms with Gasteiger partial charge in [-0.1, -0.05) is 6.58 Å². The Kier molecular flexibility index (Phi) is 6.92. The second-order valence-corrected chi connectivity index (χ2v) is 8.30. The topological polar surface area (TPSA) is 105 Å². The number of carbonyl (C=O) groups excluding carboxylic acids is 1. The van der Waals surface area contributed by atoms with Crippen LogP contribution in [0.2, 0.25) is 0 Å². The second kappa shape index (κ2) is 10.1. The Balaban J connectivity index is 1.62. The number of carbonyl (C=O) groups is 1. The molecule has 0 spiro atoms. The Morgan fingerprint density at radius 1 is 1.05 bits per heavy atom. The summed E-state index contributed by atoms with van der Waals surface area (Å²) in [6, 6.07) is 8.85. The van der Waals surface area contributed by atoms with Crippen LogP contribution in [0.4, 0.5) is 10.1 Å². The highest BCUT2D eigenvalue weighted by Crippen LogP contribution is 2.35. The molecule has 1 amide bonds. The molecule has 1 aromatic carbocycles. The number of amides is 1. The van der Waals surface area contributed by atoms with Gasteiger partial charge in [-0.3, -0.25) is 19.1 Å². The maximum atomic E-state index is 15.0. The van der Waals surface area contributed by atoms with Gasteiger partial charge in [0.15, 0.2) is 23.1 Å². The van der Waals surface area contributed by atoms with Gasteiger partial charge in [-0.25, -0.2) is 9.37 Å². The monoisotopic (exact) mass is 504 g/mol. The number of fused-ring (bicyclic) bond motifs is 1. The molecule has 0 saturated carbocycles. The molecule has 0 aliphatic rings. The predicted octanol–water partition coefficient (Wildman–Crippen LogP) is 5.10. The highest BCUT2D eigenvalue weighted by molar-refractivity contribution is 6.05. The highest BCUT2D eigenvalue weighted by Gasteiger charge is 2.19. The van der Waals surface area contributed by atoms with E-state index in [1.165, 1.54) is 37.1 Å². The van der Waals surface area contributed by atoms with E-state index >= 15 is 0 Å². The first kappa shape index (κ1) is 25.4. The summed E-state index contributed by atoms with van der Waals surface area (Å²) in [6.07, 6.45) is 1.50. The van der Waals surface area contributed by atoms with E-state index in [9.17, 15) is 14.0 Å². The molecule has 10 heteroatoms. The molecule has 4 rings (SSSR count). The van der Waals surface area contributed by atoms with Crippen molar-refractivity contribution in [3.63, 3.8) is 0 Å². The summed E-state index contributed by atoms with van der Waals surface area (Å²) in [6.45, 7) is 8.90. The van der Waals surface area contributed by atoms with Crippen LogP contribution in [0.3, 0.4) is 0 Å². The number of methoxy groups -OCH3 is 2. The molecule has 0 radical (unpaired) electrons. The van der Waals surface area contributed by atoms with Crippen LogP contribution in [0.1, 0.15) is 28.5 Å². The van der Waals surface area contributed by atoms with Crippen molar-refractivity contribution in [1.82, 2.24) is 14.5 Å². The summed E-state index contributed by atoms with van der Waals surface area (Å²) < 4.78 is 32.6. The molecular weight excluding hydrogens is 479 g/mol. The zero-order valence-electron chi connectivity index (χ0n) is 21.0. The standard InChI is InChI=1S/C27H25FN4O5/c1-14(2)32-16(4)11-15(3)23(27(32)34)25(33)30-17-7-8-20(18(28)12-17)37-21-9-10-29-19-13-22(35-5)26(36-6)31-24(19)21/h7-13H,1H2,2-6H3,(H,30,33). The number of benzene rings is 1. The summed E-state index contributed by atoms with van der Waals surface area (Å²) in [5.74, 6) is -0.622. The van der Waals surface area contributed by atoms with Crippen molar-refractivity contribution < 1.29 is 23.4 Å². The van der Waals surface area contributed by atoms with Gasteiger partial charge in [0.2, 0.25) is 0 Å². The highest BCUT2D eigenvalue weighted by atomic mass is 19.1. The van der Waals surface area contributed by atoms with Gasteiger partial charge in [-0.15, -0.1) is 0 Å². The number of halogens is 1. The Morgan fingerprint density at radius 2 is 1.81 bits per heavy atom. The molecule has 3 heterocycles. The van der Waals surface area contributed by atoms with Gasteiger partial charge < -0.3 is 19.5 Å². The molecule has 0 aliphatic carbocycles. The zero-order valence-corrected chi connectivity index (χ0v) is 21.0. The third-order valence-corrected chi connectivity index (χ3v) is 5.63. The fourth-order valence-electron chi connectivity index (χ4n) is 4.00. The maximum Gasteiger partial charge on any atom is 0.268 e. The first-order valence-corrected chi connectivity index (χ1v) is 11.2. The van der Waals surface area contributed by atoms with Crippen molar-refractivity contribution >= 4 is 28.3 Å². The fourth-order valence-corrected chi connectivity index (χ4v) is 4.00. The molecule has 0 unspecified atom stereocenters. The third-order valence-electron chi connectivity index (χ3n) is 5.63. The lowest BCUT2D eigenvalue weighted by Gasteiger charge is -2.15. The van der Waals surface area contributed by atoms with Gasteiger partial charge >= 0.3 is 0 Å². The number of hydrogen-bond acceptors (Lipinski definition) is 7. The van der Waals surface area contributed by atoms with Gasteiger partial charge in [0, 0.05) is 41.5 Å². The minimum absolute atomic E-state index is 0.0481. The summed E-state index contributed by atoms with van der Waals surface area (Å²) in [5, 5.41) is 2.58. The van der Waals surface area contributed by atoms with E-state index in [1.807, 2.05) is 0 Å². The number of ether oxygens (including phenoxy) is 3. The number of nitrogens with one attached hydrogen (secondary N) is 1. The molecular formula is C27H25FN4O5. The Hall–Kier alpha value is -4.73. The summed E-state index contributed by atoms with van der Waals surface area (Å²) in [4.78, 5) is 34.5. The van der Waals surface area contributed by atoms with E-state index in [1.54, 1.807) is 39.0 Å². The van der Waals surface area contributed by atoms with Crippen molar-refractivity contribution in [2.75, 3.05) is 19.5 Å². The maximum absolute atomic E-state index is 15.0. The van der Waals surface area contributed by atoms with Crippen molar-refractivity contribution in [2.45, 2.75) is 20.8 Å². The molecule has 0 atom stereocenters. The fraction of sp³-hybridized carbons (Fsp3) is 0.185. The Bertz CT molecular complexity index is 1610. The van der Waals surface area contributed by atoms with Crippen LogP contribution < -0.4 is 25.1 Å². The Morgan fingerprint density at radius 3 is 2.46 bits per heavy atom. The van der Waals surface area contributed by atoms with Crippen LogP contribution in [0.25, 0.3) is 16.7 Å². The average Bonchev–Trinajstić information content (AvgIpc) is 2.84. The van der Waals surface area contributed by atoms with Gasteiger partial charge in [-0.2, -0.15) is 0 Å². The van der Waals surface area contributed by atoms with Gasteiger partial charge in [0.05, 0.1) is 19.7 Å². The van der Waals surface area contributed by atoms with Gasteiger partial charge in [0.25, 0.3) is 17.3 Å². The molecule has 4 aromatic rings. The van der Waals surface area contributed by atoms with Crippen molar-refractivity contribution in [2.24, 2.45) is 0 Å². The SMILES string of the molecule is C=C(C)n1c(C)cc(C)c(C(=O)Nc2ccc(Oc3ccnc4cc(OC)c(OC)nc34)c(F)c2)c1=O. The lowest BCUT2D eigenvalue weighted by molar-refractivity contribution is 0.102. The number of nitrogens with zero attached hydrogens (tertiary/aromatic N) is 3. The normalized spacial score (nSPS) is 10.8. The summed E-state index contributed by atoms with van der Waals surface area (Å²) >= 11 is 0. The van der Waals surface area contributed by atoms with Gasteiger partial charge in [-0.05, 0) is 44.5 Å². The molecule has 9 nitrogen and oxygen atoms in total.